The van der Waals surface area contributed by atoms with Gasteiger partial charge in [-0.2, -0.15) is 0 Å². The van der Waals surface area contributed by atoms with Gasteiger partial charge in [-0.1, -0.05) is 73.6 Å². The largest absolute Gasteiger partial charge is 0.455 e. The first-order chi connectivity index (χ1) is 24.0. The molecular weight excluding hydrogens is 632 g/mol. The van der Waals surface area contributed by atoms with Crippen LogP contribution in [0.25, 0.3) is 0 Å². The molecule has 10 nitrogen and oxygen atoms in total. The molecule has 0 saturated carbocycles. The lowest BCUT2D eigenvalue weighted by molar-refractivity contribution is -0.141. The van der Waals surface area contributed by atoms with Crippen LogP contribution in [-0.2, 0) is 19.0 Å². The molecule has 270 valence electrons. The molecule has 1 aromatic rings. The van der Waals surface area contributed by atoms with E-state index in [0.717, 1.165) is 31.1 Å². The van der Waals surface area contributed by atoms with E-state index in [1.54, 1.807) is 30.5 Å². The number of rotatable bonds is 16. The Kier molecular flexibility index (Phi) is 16.5. The van der Waals surface area contributed by atoms with Crippen LogP contribution in [0.2, 0.25) is 0 Å². The number of esters is 1. The SMILES string of the molecule is C/C=C/C1OC(C(/C=C/C=C(\C)CC(C)/C=C(C)\C=C\C2CC=CC(=O)O2)NC(=O)OCC/C(N)=C/N(N)c2ccc(C=O)cc2)CCC1C. The number of anilines is 1. The van der Waals surface area contributed by atoms with E-state index in [1.165, 1.54) is 16.7 Å². The molecule has 2 aliphatic rings. The number of nitrogens with one attached hydrogen (secondary N) is 1. The molecular formula is C40H54N4O6. The molecule has 6 atom stereocenters. The Hall–Kier alpha value is -4.67. The second-order valence-electron chi connectivity index (χ2n) is 13.1. The summed E-state index contributed by atoms with van der Waals surface area (Å²) in [5.41, 5.74) is 10.1. The maximum atomic E-state index is 13.0. The van der Waals surface area contributed by atoms with Crippen molar-refractivity contribution in [3.05, 3.63) is 114 Å². The van der Waals surface area contributed by atoms with Crippen LogP contribution in [-0.4, -0.2) is 49.3 Å². The lowest BCUT2D eigenvalue weighted by atomic mass is 9.90. The fraction of sp³-hybridized carbons (Fsp3) is 0.425. The number of benzene rings is 1. The van der Waals surface area contributed by atoms with Gasteiger partial charge in [-0.15, -0.1) is 0 Å². The smallest absolute Gasteiger partial charge is 0.407 e. The molecule has 1 aromatic carbocycles. The number of ether oxygens (including phenoxy) is 3. The van der Waals surface area contributed by atoms with Gasteiger partial charge in [-0.05, 0) is 82.2 Å². The Balaban J connectivity index is 1.59. The Bertz CT molecular complexity index is 1490. The van der Waals surface area contributed by atoms with Crippen LogP contribution in [0.3, 0.4) is 0 Å². The number of cyclic esters (lactones) is 1. The molecule has 1 fully saturated rings. The fourth-order valence-corrected chi connectivity index (χ4v) is 5.82. The summed E-state index contributed by atoms with van der Waals surface area (Å²) in [7, 11) is 0. The Labute approximate surface area is 297 Å². The number of allylic oxidation sites excluding steroid dienone is 7. The average Bonchev–Trinajstić information content (AvgIpc) is 3.08. The van der Waals surface area contributed by atoms with Crippen LogP contribution in [0.5, 0.6) is 0 Å². The van der Waals surface area contributed by atoms with E-state index in [1.807, 2.05) is 50.3 Å². The first-order valence-electron chi connectivity index (χ1n) is 17.3. The lowest BCUT2D eigenvalue weighted by Gasteiger charge is -2.36. The highest BCUT2D eigenvalue weighted by Gasteiger charge is 2.32. The monoisotopic (exact) mass is 686 g/mol. The number of nitrogens with zero attached hydrogens (tertiary/aromatic N) is 1. The molecule has 0 spiro atoms. The minimum absolute atomic E-state index is 0.0323. The van der Waals surface area contributed by atoms with Gasteiger partial charge in [-0.25, -0.2) is 15.4 Å². The second kappa shape index (κ2) is 20.8. The molecule has 2 heterocycles. The van der Waals surface area contributed by atoms with Gasteiger partial charge in [0, 0.05) is 36.4 Å². The fourth-order valence-electron chi connectivity index (χ4n) is 5.82. The summed E-state index contributed by atoms with van der Waals surface area (Å²) < 4.78 is 17.2. The quantitative estimate of drug-likeness (QED) is 0.0413. The van der Waals surface area contributed by atoms with Crippen LogP contribution in [0.4, 0.5) is 10.5 Å². The zero-order valence-electron chi connectivity index (χ0n) is 30.0. The van der Waals surface area contributed by atoms with Crippen molar-refractivity contribution in [2.75, 3.05) is 11.6 Å². The van der Waals surface area contributed by atoms with Crippen LogP contribution in [0.15, 0.2) is 108 Å². The highest BCUT2D eigenvalue weighted by atomic mass is 16.6. The molecule has 1 amide bonds. The van der Waals surface area contributed by atoms with Crippen LogP contribution < -0.4 is 21.9 Å². The minimum Gasteiger partial charge on any atom is -0.455 e. The number of hydrogen-bond acceptors (Lipinski definition) is 9. The number of carbonyl (C=O) groups is 3. The van der Waals surface area contributed by atoms with Gasteiger partial charge < -0.3 is 25.3 Å². The predicted octanol–water partition coefficient (Wildman–Crippen LogP) is 7.13. The van der Waals surface area contributed by atoms with Crippen molar-refractivity contribution in [3.63, 3.8) is 0 Å². The first kappa shape index (κ1) is 39.8. The van der Waals surface area contributed by atoms with Gasteiger partial charge >= 0.3 is 12.1 Å². The van der Waals surface area contributed by atoms with Crippen molar-refractivity contribution in [2.24, 2.45) is 23.4 Å². The van der Waals surface area contributed by atoms with Crippen molar-refractivity contribution < 1.29 is 28.6 Å². The minimum atomic E-state index is -0.562. The lowest BCUT2D eigenvalue weighted by Crippen LogP contribution is -2.47. The summed E-state index contributed by atoms with van der Waals surface area (Å²) in [5.74, 6) is 6.45. The highest BCUT2D eigenvalue weighted by molar-refractivity contribution is 5.83. The summed E-state index contributed by atoms with van der Waals surface area (Å²) in [6, 6.07) is 6.36. The molecule has 6 unspecified atom stereocenters. The zero-order chi connectivity index (χ0) is 36.5. The molecule has 0 aromatic heterocycles. The zero-order valence-corrected chi connectivity index (χ0v) is 30.0. The molecule has 1 saturated heterocycles. The summed E-state index contributed by atoms with van der Waals surface area (Å²) in [6.07, 6.45) is 24.4. The van der Waals surface area contributed by atoms with E-state index in [4.69, 9.17) is 25.8 Å². The van der Waals surface area contributed by atoms with Crippen LogP contribution >= 0.6 is 0 Å². The summed E-state index contributed by atoms with van der Waals surface area (Å²) >= 11 is 0. The molecule has 0 bridgehead atoms. The number of nitrogens with two attached hydrogens (primary N) is 2. The van der Waals surface area contributed by atoms with Crippen molar-refractivity contribution >= 4 is 24.0 Å². The molecule has 0 radical (unpaired) electrons. The summed E-state index contributed by atoms with van der Waals surface area (Å²) in [5, 5.41) is 4.35. The van der Waals surface area contributed by atoms with Crippen LogP contribution in [0, 0.1) is 11.8 Å². The van der Waals surface area contributed by atoms with E-state index >= 15 is 0 Å². The molecule has 2 aliphatic heterocycles. The second-order valence-corrected chi connectivity index (χ2v) is 13.1. The van der Waals surface area contributed by atoms with E-state index in [-0.39, 0.29) is 37.3 Å². The highest BCUT2D eigenvalue weighted by Crippen LogP contribution is 2.28. The third kappa shape index (κ3) is 14.1. The maximum absolute atomic E-state index is 13.0. The van der Waals surface area contributed by atoms with Crippen LogP contribution in [0.1, 0.15) is 77.1 Å². The summed E-state index contributed by atoms with van der Waals surface area (Å²) in [4.78, 5) is 35.3. The Morgan fingerprint density at radius 3 is 2.64 bits per heavy atom. The number of hydrazine groups is 1. The van der Waals surface area contributed by atoms with Gasteiger partial charge in [0.25, 0.3) is 0 Å². The predicted molar refractivity (Wildman–Crippen MR) is 199 cm³/mol. The van der Waals surface area contributed by atoms with Gasteiger partial charge in [-0.3, -0.25) is 9.80 Å². The molecule has 50 heavy (non-hydrogen) atoms. The van der Waals surface area contributed by atoms with Gasteiger partial charge in [0.05, 0.1) is 30.5 Å². The number of carbonyl (C=O) groups excluding carboxylic acids is 3. The summed E-state index contributed by atoms with van der Waals surface area (Å²) in [6.45, 7) is 10.5. The average molecular weight is 687 g/mol. The molecule has 10 heteroatoms. The first-order valence-corrected chi connectivity index (χ1v) is 17.3. The Morgan fingerprint density at radius 2 is 1.94 bits per heavy atom. The number of aldehydes is 1. The molecule has 5 N–H and O–H groups in total. The van der Waals surface area contributed by atoms with E-state index in [2.05, 4.69) is 44.3 Å². The third-order valence-electron chi connectivity index (χ3n) is 8.48. The number of alkyl carbamates (subject to hydrolysis) is 1. The topological polar surface area (TPSA) is 146 Å². The van der Waals surface area contributed by atoms with Crippen molar-refractivity contribution in [1.82, 2.24) is 5.32 Å². The van der Waals surface area contributed by atoms with Crippen molar-refractivity contribution in [2.45, 2.75) is 91.1 Å². The van der Waals surface area contributed by atoms with E-state index in [0.29, 0.717) is 35.2 Å². The number of hydrogen-bond donors (Lipinski definition) is 3. The van der Waals surface area contributed by atoms with Crippen molar-refractivity contribution in [1.29, 1.82) is 0 Å². The third-order valence-corrected chi connectivity index (χ3v) is 8.48. The van der Waals surface area contributed by atoms with Gasteiger partial charge in [0.1, 0.15) is 12.4 Å². The van der Waals surface area contributed by atoms with E-state index in [9.17, 15) is 14.4 Å². The normalized spacial score (nSPS) is 23.2. The van der Waals surface area contributed by atoms with Crippen molar-refractivity contribution in [3.8, 4) is 0 Å². The number of amides is 1. The maximum Gasteiger partial charge on any atom is 0.407 e. The standard InChI is InChI=1S/C40H54N4O6/c1-6-9-37-31(5)15-21-38(50-37)36(43-40(47)48-23-22-33(41)26-44(42)34-18-16-32(27-45)17-19-34)12-7-10-28(2)24-30(4)25-29(3)14-20-35-11-8-13-39(46)49-35/h6-10,12-14,16-20,25-27,30-31,35-38H,11,15,21-24,41-42H2,1-5H3,(H,43,47)/b9-6+,12-7+,20-14+,28-10+,29-25-,33-26-. The molecule has 3 rings (SSSR count). The van der Waals surface area contributed by atoms with Gasteiger partial charge in [0.2, 0.25) is 0 Å². The van der Waals surface area contributed by atoms with E-state index < -0.39 is 12.1 Å². The molecule has 0 aliphatic carbocycles. The Morgan fingerprint density at radius 1 is 1.18 bits per heavy atom. The van der Waals surface area contributed by atoms with Gasteiger partial charge in [0.15, 0.2) is 0 Å².